The molecular formula is C12H22N2O3. The minimum atomic E-state index is -0.474. The molecule has 0 aromatic rings. The molecule has 0 saturated heterocycles. The van der Waals surface area contributed by atoms with E-state index in [2.05, 4.69) is 19.2 Å². The molecule has 1 aliphatic carbocycles. The molecule has 1 aliphatic rings. The van der Waals surface area contributed by atoms with E-state index in [1.807, 2.05) is 0 Å². The van der Waals surface area contributed by atoms with Crippen molar-refractivity contribution in [3.8, 4) is 0 Å². The van der Waals surface area contributed by atoms with Gasteiger partial charge in [0, 0.05) is 0 Å². The smallest absolute Gasteiger partial charge is 0.320 e. The van der Waals surface area contributed by atoms with Crippen molar-refractivity contribution in [1.29, 1.82) is 0 Å². The molecule has 5 heteroatoms. The number of amides is 1. The van der Waals surface area contributed by atoms with Crippen LogP contribution in [0.2, 0.25) is 0 Å². The maximum atomic E-state index is 11.5. The lowest BCUT2D eigenvalue weighted by Gasteiger charge is -2.31. The topological polar surface area (TPSA) is 81.4 Å². The summed E-state index contributed by atoms with van der Waals surface area (Å²) in [6.07, 6.45) is 3.10. The van der Waals surface area contributed by atoms with Gasteiger partial charge in [0.25, 0.3) is 0 Å². The molecule has 5 nitrogen and oxygen atoms in total. The number of nitrogens with one attached hydrogen (secondary N) is 1. The van der Waals surface area contributed by atoms with Gasteiger partial charge in [-0.3, -0.25) is 14.9 Å². The van der Waals surface area contributed by atoms with Gasteiger partial charge in [0.2, 0.25) is 5.91 Å². The summed E-state index contributed by atoms with van der Waals surface area (Å²) in [5.74, 6) is 0.431. The molecule has 0 aliphatic heterocycles. The summed E-state index contributed by atoms with van der Waals surface area (Å²) in [5.41, 5.74) is 4.95. The highest BCUT2D eigenvalue weighted by molar-refractivity contribution is 5.77. The maximum absolute atomic E-state index is 11.5. The van der Waals surface area contributed by atoms with Gasteiger partial charge in [0.05, 0.1) is 13.1 Å². The van der Waals surface area contributed by atoms with Crippen molar-refractivity contribution in [2.75, 3.05) is 13.1 Å². The zero-order valence-corrected chi connectivity index (χ0v) is 10.6. The monoisotopic (exact) mass is 242 g/mol. The third kappa shape index (κ3) is 5.68. The summed E-state index contributed by atoms with van der Waals surface area (Å²) in [6, 6.07) is 0. The first-order chi connectivity index (χ1) is 7.97. The fourth-order valence-electron chi connectivity index (χ4n) is 2.48. The van der Waals surface area contributed by atoms with Crippen LogP contribution in [0.1, 0.15) is 33.1 Å². The molecule has 3 N–H and O–H groups in total. The van der Waals surface area contributed by atoms with Gasteiger partial charge in [0.1, 0.15) is 6.10 Å². The summed E-state index contributed by atoms with van der Waals surface area (Å²) in [4.78, 5) is 21.9. The second kappa shape index (κ2) is 6.59. The molecule has 0 aromatic carbocycles. The zero-order chi connectivity index (χ0) is 12.8. The quantitative estimate of drug-likeness (QED) is 0.685. The van der Waals surface area contributed by atoms with E-state index < -0.39 is 5.91 Å². The predicted molar refractivity (Wildman–Crippen MR) is 64.1 cm³/mol. The maximum Gasteiger partial charge on any atom is 0.320 e. The molecule has 1 amide bonds. The first-order valence-corrected chi connectivity index (χ1v) is 6.16. The Balaban J connectivity index is 2.23. The van der Waals surface area contributed by atoms with Crippen LogP contribution in [0.15, 0.2) is 0 Å². The lowest BCUT2D eigenvalue weighted by Crippen LogP contribution is -2.36. The molecule has 1 rings (SSSR count). The predicted octanol–water partition coefficient (Wildman–Crippen LogP) is 0.429. The normalized spacial score (nSPS) is 28.7. The van der Waals surface area contributed by atoms with Gasteiger partial charge < -0.3 is 10.5 Å². The first kappa shape index (κ1) is 14.0. The summed E-state index contributed by atoms with van der Waals surface area (Å²) >= 11 is 0. The number of nitrogens with two attached hydrogens (primary N) is 1. The summed E-state index contributed by atoms with van der Waals surface area (Å²) in [5, 5.41) is 2.65. The number of carbonyl (C=O) groups is 2. The van der Waals surface area contributed by atoms with Crippen molar-refractivity contribution >= 4 is 11.9 Å². The number of hydrogen-bond donors (Lipinski definition) is 2. The molecule has 1 fully saturated rings. The third-order valence-electron chi connectivity index (χ3n) is 3.00. The van der Waals surface area contributed by atoms with E-state index in [0.29, 0.717) is 11.8 Å². The third-order valence-corrected chi connectivity index (χ3v) is 3.00. The number of esters is 1. The van der Waals surface area contributed by atoms with Crippen molar-refractivity contribution in [3.63, 3.8) is 0 Å². The Kier molecular flexibility index (Phi) is 5.41. The van der Waals surface area contributed by atoms with Crippen molar-refractivity contribution in [3.05, 3.63) is 0 Å². The summed E-state index contributed by atoms with van der Waals surface area (Å²) < 4.78 is 5.36. The molecule has 0 bridgehead atoms. The summed E-state index contributed by atoms with van der Waals surface area (Å²) in [6.45, 7) is 4.42. The molecular weight excluding hydrogens is 220 g/mol. The fourth-order valence-corrected chi connectivity index (χ4v) is 2.48. The second-order valence-corrected chi connectivity index (χ2v) is 5.10. The van der Waals surface area contributed by atoms with Crippen LogP contribution in [0, 0.1) is 11.8 Å². The fraction of sp³-hybridized carbons (Fsp3) is 0.833. The van der Waals surface area contributed by atoms with E-state index in [4.69, 9.17) is 10.5 Å². The molecule has 2 unspecified atom stereocenters. The molecule has 0 aromatic heterocycles. The van der Waals surface area contributed by atoms with Gasteiger partial charge in [-0.05, 0) is 31.1 Å². The van der Waals surface area contributed by atoms with E-state index in [1.165, 1.54) is 6.42 Å². The van der Waals surface area contributed by atoms with Gasteiger partial charge in [-0.1, -0.05) is 13.8 Å². The Labute approximate surface area is 102 Å². The number of primary amides is 1. The largest absolute Gasteiger partial charge is 0.461 e. The first-order valence-electron chi connectivity index (χ1n) is 6.16. The van der Waals surface area contributed by atoms with Gasteiger partial charge in [-0.15, -0.1) is 0 Å². The molecule has 0 heterocycles. The van der Waals surface area contributed by atoms with Crippen LogP contribution in [-0.2, 0) is 14.3 Å². The highest BCUT2D eigenvalue weighted by Gasteiger charge is 2.26. The number of ether oxygens (including phenoxy) is 1. The van der Waals surface area contributed by atoms with Crippen molar-refractivity contribution < 1.29 is 14.3 Å². The average molecular weight is 242 g/mol. The Morgan fingerprint density at radius 2 is 1.76 bits per heavy atom. The molecule has 0 radical (unpaired) electrons. The Morgan fingerprint density at radius 3 is 2.29 bits per heavy atom. The van der Waals surface area contributed by atoms with Gasteiger partial charge in [-0.25, -0.2) is 0 Å². The van der Waals surface area contributed by atoms with E-state index in [9.17, 15) is 9.59 Å². The van der Waals surface area contributed by atoms with Gasteiger partial charge in [-0.2, -0.15) is 0 Å². The zero-order valence-electron chi connectivity index (χ0n) is 10.6. The Morgan fingerprint density at radius 1 is 1.18 bits per heavy atom. The van der Waals surface area contributed by atoms with Crippen molar-refractivity contribution in [2.45, 2.75) is 39.2 Å². The van der Waals surface area contributed by atoms with Crippen LogP contribution >= 0.6 is 0 Å². The molecule has 98 valence electrons. The second-order valence-electron chi connectivity index (χ2n) is 5.10. The Bertz CT molecular complexity index is 271. The van der Waals surface area contributed by atoms with Crippen molar-refractivity contribution in [2.24, 2.45) is 17.6 Å². The lowest BCUT2D eigenvalue weighted by molar-refractivity contribution is -0.150. The van der Waals surface area contributed by atoms with E-state index >= 15 is 0 Å². The van der Waals surface area contributed by atoms with Crippen molar-refractivity contribution in [1.82, 2.24) is 5.32 Å². The van der Waals surface area contributed by atoms with E-state index in [0.717, 1.165) is 12.8 Å². The molecule has 2 atom stereocenters. The van der Waals surface area contributed by atoms with Crippen LogP contribution < -0.4 is 11.1 Å². The summed E-state index contributed by atoms with van der Waals surface area (Å²) in [7, 11) is 0. The number of hydrogen-bond acceptors (Lipinski definition) is 4. The highest BCUT2D eigenvalue weighted by atomic mass is 16.5. The van der Waals surface area contributed by atoms with Crippen LogP contribution in [-0.4, -0.2) is 31.1 Å². The van der Waals surface area contributed by atoms with Gasteiger partial charge in [0.15, 0.2) is 0 Å². The Hall–Kier alpha value is -1.10. The van der Waals surface area contributed by atoms with Crippen LogP contribution in [0.4, 0.5) is 0 Å². The van der Waals surface area contributed by atoms with Crippen LogP contribution in [0.5, 0.6) is 0 Å². The minimum Gasteiger partial charge on any atom is -0.461 e. The van der Waals surface area contributed by atoms with E-state index in [1.54, 1.807) is 0 Å². The minimum absolute atomic E-state index is 0.00652. The number of carbonyl (C=O) groups excluding carboxylic acids is 2. The van der Waals surface area contributed by atoms with Crippen LogP contribution in [0.3, 0.4) is 0 Å². The standard InChI is InChI=1S/C12H22N2O3/c1-8-3-9(2)5-10(4-8)17-12(16)7-14-6-11(13)15/h8-10,14H,3-7H2,1-2H3,(H2,13,15). The highest BCUT2D eigenvalue weighted by Crippen LogP contribution is 2.30. The SMILES string of the molecule is CC1CC(C)CC(OC(=O)CNCC(N)=O)C1. The average Bonchev–Trinajstić information content (AvgIpc) is 2.14. The molecule has 0 spiro atoms. The van der Waals surface area contributed by atoms with Crippen LogP contribution in [0.25, 0.3) is 0 Å². The van der Waals surface area contributed by atoms with E-state index in [-0.39, 0.29) is 25.2 Å². The molecule has 1 saturated carbocycles. The molecule has 17 heavy (non-hydrogen) atoms. The number of rotatable bonds is 5. The lowest BCUT2D eigenvalue weighted by atomic mass is 9.82. The van der Waals surface area contributed by atoms with Gasteiger partial charge >= 0.3 is 5.97 Å².